The summed E-state index contributed by atoms with van der Waals surface area (Å²) in [5.41, 5.74) is 1.28. The van der Waals surface area contributed by atoms with E-state index >= 15 is 0 Å². The van der Waals surface area contributed by atoms with Crippen molar-refractivity contribution < 1.29 is 9.31 Å². The summed E-state index contributed by atoms with van der Waals surface area (Å²) in [7, 11) is 0. The Bertz CT molecular complexity index is 679. The van der Waals surface area contributed by atoms with Gasteiger partial charge in [0.25, 0.3) is 0 Å². The zero-order chi connectivity index (χ0) is 15.4. The molecule has 0 aliphatic heterocycles. The van der Waals surface area contributed by atoms with Gasteiger partial charge in [0.15, 0.2) is 0 Å². The molecular formula is C14H13BrFN3O2. The Morgan fingerprint density at radius 1 is 1.24 bits per heavy atom. The number of anilines is 3. The van der Waals surface area contributed by atoms with E-state index in [-0.39, 0.29) is 11.5 Å². The number of benzene rings is 2. The molecule has 0 fully saturated rings. The van der Waals surface area contributed by atoms with Gasteiger partial charge >= 0.3 is 5.69 Å². The number of nitro groups is 1. The van der Waals surface area contributed by atoms with E-state index in [4.69, 9.17) is 0 Å². The SMILES string of the molecule is CCNc1cccc(Nc2ccc(F)cc2Br)c1[N+](=O)[O-]. The Hall–Kier alpha value is -2.15. The first-order chi connectivity index (χ1) is 10.0. The molecule has 0 saturated heterocycles. The maximum atomic E-state index is 13.1. The van der Waals surface area contributed by atoms with Crippen molar-refractivity contribution in [2.45, 2.75) is 6.92 Å². The van der Waals surface area contributed by atoms with Crippen molar-refractivity contribution in [1.82, 2.24) is 0 Å². The van der Waals surface area contributed by atoms with Gasteiger partial charge in [-0.15, -0.1) is 0 Å². The first kappa shape index (κ1) is 15.2. The molecule has 0 radical (unpaired) electrons. The molecule has 0 bridgehead atoms. The molecule has 0 saturated carbocycles. The van der Waals surface area contributed by atoms with Crippen LogP contribution in [0.5, 0.6) is 0 Å². The van der Waals surface area contributed by atoms with Gasteiger partial charge in [0, 0.05) is 11.0 Å². The molecular weight excluding hydrogens is 341 g/mol. The molecule has 0 atom stereocenters. The second-order valence-corrected chi connectivity index (χ2v) is 5.09. The molecule has 110 valence electrons. The van der Waals surface area contributed by atoms with Gasteiger partial charge in [-0.1, -0.05) is 6.07 Å². The number of nitrogens with zero attached hydrogens (tertiary/aromatic N) is 1. The summed E-state index contributed by atoms with van der Waals surface area (Å²) in [5.74, 6) is -0.386. The summed E-state index contributed by atoms with van der Waals surface area (Å²) < 4.78 is 13.6. The number of hydrogen-bond acceptors (Lipinski definition) is 4. The van der Waals surface area contributed by atoms with Crippen LogP contribution in [0.25, 0.3) is 0 Å². The van der Waals surface area contributed by atoms with Crippen molar-refractivity contribution in [1.29, 1.82) is 0 Å². The lowest BCUT2D eigenvalue weighted by atomic mass is 10.2. The highest BCUT2D eigenvalue weighted by molar-refractivity contribution is 9.10. The fourth-order valence-electron chi connectivity index (χ4n) is 1.91. The number of hydrogen-bond donors (Lipinski definition) is 2. The number of para-hydroxylation sites is 1. The van der Waals surface area contributed by atoms with E-state index in [0.29, 0.717) is 28.1 Å². The average Bonchev–Trinajstić information content (AvgIpc) is 2.42. The summed E-state index contributed by atoms with van der Waals surface area (Å²) in [4.78, 5) is 10.9. The third-order valence-electron chi connectivity index (χ3n) is 2.79. The Kier molecular flexibility index (Phi) is 4.74. The lowest BCUT2D eigenvalue weighted by Gasteiger charge is -2.12. The number of halogens is 2. The Morgan fingerprint density at radius 2 is 1.95 bits per heavy atom. The number of nitro benzene ring substituents is 1. The third kappa shape index (κ3) is 3.49. The molecule has 2 N–H and O–H groups in total. The molecule has 2 rings (SSSR count). The molecule has 0 unspecified atom stereocenters. The average molecular weight is 354 g/mol. The van der Waals surface area contributed by atoms with E-state index < -0.39 is 4.92 Å². The van der Waals surface area contributed by atoms with Crippen molar-refractivity contribution in [3.8, 4) is 0 Å². The van der Waals surface area contributed by atoms with Gasteiger partial charge in [0.2, 0.25) is 0 Å². The molecule has 0 heterocycles. The van der Waals surface area contributed by atoms with E-state index in [2.05, 4.69) is 26.6 Å². The Balaban J connectivity index is 2.43. The fraction of sp³-hybridized carbons (Fsp3) is 0.143. The molecule has 7 heteroatoms. The molecule has 0 amide bonds. The first-order valence-electron chi connectivity index (χ1n) is 6.26. The Morgan fingerprint density at radius 3 is 2.57 bits per heavy atom. The maximum Gasteiger partial charge on any atom is 0.315 e. The summed E-state index contributed by atoms with van der Waals surface area (Å²) in [5, 5.41) is 17.2. The molecule has 0 aliphatic rings. The summed E-state index contributed by atoms with van der Waals surface area (Å²) in [6.45, 7) is 2.44. The van der Waals surface area contributed by atoms with Gasteiger partial charge in [0.1, 0.15) is 17.2 Å². The van der Waals surface area contributed by atoms with Crippen LogP contribution in [-0.2, 0) is 0 Å². The molecule has 0 spiro atoms. The zero-order valence-electron chi connectivity index (χ0n) is 11.2. The van der Waals surface area contributed by atoms with Gasteiger partial charge in [-0.3, -0.25) is 10.1 Å². The number of rotatable bonds is 5. The van der Waals surface area contributed by atoms with E-state index in [9.17, 15) is 14.5 Å². The van der Waals surface area contributed by atoms with E-state index in [1.165, 1.54) is 18.2 Å². The molecule has 5 nitrogen and oxygen atoms in total. The lowest BCUT2D eigenvalue weighted by Crippen LogP contribution is -2.04. The van der Waals surface area contributed by atoms with Crippen LogP contribution in [0.1, 0.15) is 6.92 Å². The zero-order valence-corrected chi connectivity index (χ0v) is 12.8. The molecule has 0 aliphatic carbocycles. The summed E-state index contributed by atoms with van der Waals surface area (Å²) in [6, 6.07) is 9.06. The van der Waals surface area contributed by atoms with Crippen LogP contribution in [0.15, 0.2) is 40.9 Å². The van der Waals surface area contributed by atoms with Crippen molar-refractivity contribution in [2.75, 3.05) is 17.2 Å². The minimum absolute atomic E-state index is 0.0458. The normalized spacial score (nSPS) is 10.2. The van der Waals surface area contributed by atoms with E-state index in [1.54, 1.807) is 18.2 Å². The van der Waals surface area contributed by atoms with Crippen molar-refractivity contribution in [3.05, 3.63) is 56.8 Å². The maximum absolute atomic E-state index is 13.1. The minimum atomic E-state index is -0.447. The molecule has 21 heavy (non-hydrogen) atoms. The van der Waals surface area contributed by atoms with Crippen LogP contribution < -0.4 is 10.6 Å². The van der Waals surface area contributed by atoms with Crippen LogP contribution in [-0.4, -0.2) is 11.5 Å². The van der Waals surface area contributed by atoms with Crippen molar-refractivity contribution in [3.63, 3.8) is 0 Å². The fourth-order valence-corrected chi connectivity index (χ4v) is 2.36. The quantitative estimate of drug-likeness (QED) is 0.605. The van der Waals surface area contributed by atoms with Crippen LogP contribution in [0, 0.1) is 15.9 Å². The minimum Gasteiger partial charge on any atom is -0.380 e. The van der Waals surface area contributed by atoms with Crippen LogP contribution >= 0.6 is 15.9 Å². The highest BCUT2D eigenvalue weighted by Gasteiger charge is 2.19. The first-order valence-corrected chi connectivity index (χ1v) is 7.05. The predicted molar refractivity (Wildman–Crippen MR) is 84.6 cm³/mol. The smallest absolute Gasteiger partial charge is 0.315 e. The van der Waals surface area contributed by atoms with Crippen LogP contribution in [0.3, 0.4) is 0 Å². The number of nitrogens with one attached hydrogen (secondary N) is 2. The van der Waals surface area contributed by atoms with Crippen LogP contribution in [0.4, 0.5) is 27.1 Å². The van der Waals surface area contributed by atoms with Gasteiger partial charge < -0.3 is 10.6 Å². The summed E-state index contributed by atoms with van der Waals surface area (Å²) in [6.07, 6.45) is 0. The third-order valence-corrected chi connectivity index (χ3v) is 3.44. The standard InChI is InChI=1S/C14H13BrFN3O2/c1-2-17-12-4-3-5-13(14(12)19(20)21)18-11-7-6-9(16)8-10(11)15/h3-8,17-18H,2H2,1H3. The van der Waals surface area contributed by atoms with Crippen molar-refractivity contribution in [2.24, 2.45) is 0 Å². The monoisotopic (exact) mass is 353 g/mol. The van der Waals surface area contributed by atoms with Gasteiger partial charge in [-0.2, -0.15) is 0 Å². The molecule has 2 aromatic carbocycles. The highest BCUT2D eigenvalue weighted by Crippen LogP contribution is 2.36. The molecule has 2 aromatic rings. The molecule has 0 aromatic heterocycles. The summed E-state index contributed by atoms with van der Waals surface area (Å²) >= 11 is 3.23. The lowest BCUT2D eigenvalue weighted by molar-refractivity contribution is -0.383. The van der Waals surface area contributed by atoms with Crippen LogP contribution in [0.2, 0.25) is 0 Å². The largest absolute Gasteiger partial charge is 0.380 e. The predicted octanol–water partition coefficient (Wildman–Crippen LogP) is 4.67. The van der Waals surface area contributed by atoms with E-state index in [0.717, 1.165) is 0 Å². The van der Waals surface area contributed by atoms with Gasteiger partial charge in [-0.25, -0.2) is 4.39 Å². The van der Waals surface area contributed by atoms with Gasteiger partial charge in [-0.05, 0) is 53.2 Å². The van der Waals surface area contributed by atoms with E-state index in [1.807, 2.05) is 6.92 Å². The Labute approximate surface area is 129 Å². The second-order valence-electron chi connectivity index (χ2n) is 4.24. The van der Waals surface area contributed by atoms with Gasteiger partial charge in [0.05, 0.1) is 10.6 Å². The highest BCUT2D eigenvalue weighted by atomic mass is 79.9. The van der Waals surface area contributed by atoms with Crippen molar-refractivity contribution >= 4 is 38.7 Å². The topological polar surface area (TPSA) is 67.2 Å². The second kappa shape index (κ2) is 6.53.